The van der Waals surface area contributed by atoms with Crippen molar-refractivity contribution in [2.75, 3.05) is 5.73 Å². The predicted octanol–water partition coefficient (Wildman–Crippen LogP) is 4.68. The van der Waals surface area contributed by atoms with Gasteiger partial charge in [-0.05, 0) is 42.8 Å². The van der Waals surface area contributed by atoms with E-state index in [4.69, 9.17) is 10.5 Å². The highest BCUT2D eigenvalue weighted by molar-refractivity contribution is 9.10. The summed E-state index contributed by atoms with van der Waals surface area (Å²) in [5, 5.41) is 0. The van der Waals surface area contributed by atoms with Gasteiger partial charge in [-0.2, -0.15) is 0 Å². The van der Waals surface area contributed by atoms with Crippen molar-refractivity contribution in [3.8, 4) is 5.75 Å². The molecule has 0 radical (unpaired) electrons. The van der Waals surface area contributed by atoms with E-state index in [1.54, 1.807) is 0 Å². The van der Waals surface area contributed by atoms with Gasteiger partial charge >= 0.3 is 0 Å². The molecule has 0 saturated heterocycles. The Bertz CT molecular complexity index is 570. The van der Waals surface area contributed by atoms with Gasteiger partial charge < -0.3 is 10.5 Å². The molecule has 18 heavy (non-hydrogen) atoms. The van der Waals surface area contributed by atoms with E-state index in [-0.39, 0.29) is 0 Å². The van der Waals surface area contributed by atoms with Crippen molar-refractivity contribution < 1.29 is 4.74 Å². The number of nitrogen functional groups attached to an aromatic ring is 1. The Morgan fingerprint density at radius 2 is 1.83 bits per heavy atom. The van der Waals surface area contributed by atoms with Crippen LogP contribution in [0.3, 0.4) is 0 Å². The lowest BCUT2D eigenvalue weighted by Gasteiger charge is -2.09. The Hall–Kier alpha value is -1.000. The Labute approximate surface area is 123 Å². The van der Waals surface area contributed by atoms with Crippen LogP contribution in [0.15, 0.2) is 45.3 Å². The molecule has 2 aromatic carbocycles. The van der Waals surface area contributed by atoms with Gasteiger partial charge in [0.25, 0.3) is 0 Å². The molecule has 2 N–H and O–H groups in total. The Morgan fingerprint density at radius 3 is 2.50 bits per heavy atom. The van der Waals surface area contributed by atoms with Crippen LogP contribution in [-0.2, 0) is 6.61 Å². The summed E-state index contributed by atoms with van der Waals surface area (Å²) in [6.45, 7) is 2.55. The van der Waals surface area contributed by atoms with Gasteiger partial charge in [-0.15, -0.1) is 0 Å². The average molecular weight is 371 g/mol. The van der Waals surface area contributed by atoms with Gasteiger partial charge in [-0.25, -0.2) is 0 Å². The number of rotatable bonds is 3. The summed E-state index contributed by atoms with van der Waals surface area (Å²) in [6.07, 6.45) is 0. The minimum Gasteiger partial charge on any atom is -0.489 e. The van der Waals surface area contributed by atoms with Crippen LogP contribution in [-0.4, -0.2) is 0 Å². The van der Waals surface area contributed by atoms with E-state index >= 15 is 0 Å². The smallest absolute Gasteiger partial charge is 0.120 e. The van der Waals surface area contributed by atoms with Crippen molar-refractivity contribution in [3.05, 3.63) is 56.5 Å². The van der Waals surface area contributed by atoms with E-state index in [0.29, 0.717) is 6.61 Å². The van der Waals surface area contributed by atoms with Crippen LogP contribution < -0.4 is 10.5 Å². The number of hydrogen-bond donors (Lipinski definition) is 1. The molecule has 94 valence electrons. The second-order valence-electron chi connectivity index (χ2n) is 4.05. The fourth-order valence-electron chi connectivity index (χ4n) is 1.55. The van der Waals surface area contributed by atoms with Gasteiger partial charge in [-0.1, -0.05) is 37.9 Å². The summed E-state index contributed by atoms with van der Waals surface area (Å²) in [4.78, 5) is 0. The molecule has 0 fully saturated rings. The first-order chi connectivity index (χ1) is 8.56. The van der Waals surface area contributed by atoms with Crippen LogP contribution in [0, 0.1) is 6.92 Å². The highest BCUT2D eigenvalue weighted by atomic mass is 79.9. The molecular formula is C14H13Br2NO. The molecular weight excluding hydrogens is 358 g/mol. The summed E-state index contributed by atoms with van der Waals surface area (Å²) < 4.78 is 7.81. The first kappa shape index (κ1) is 13.4. The molecule has 4 heteroatoms. The van der Waals surface area contributed by atoms with E-state index in [1.165, 1.54) is 0 Å². The minimum absolute atomic E-state index is 0.516. The molecule has 0 heterocycles. The largest absolute Gasteiger partial charge is 0.489 e. The Kier molecular flexibility index (Phi) is 4.30. The highest BCUT2D eigenvalue weighted by Gasteiger charge is 2.03. The van der Waals surface area contributed by atoms with Crippen molar-refractivity contribution >= 4 is 37.5 Å². The van der Waals surface area contributed by atoms with Crippen molar-refractivity contribution in [1.29, 1.82) is 0 Å². The number of ether oxygens (including phenoxy) is 1. The first-order valence-corrected chi connectivity index (χ1v) is 7.08. The molecule has 0 aliphatic heterocycles. The maximum absolute atomic E-state index is 5.76. The SMILES string of the molecule is Cc1cc(OCc2ccc(N)cc2Br)ccc1Br. The number of aryl methyl sites for hydroxylation is 1. The maximum Gasteiger partial charge on any atom is 0.120 e. The monoisotopic (exact) mass is 369 g/mol. The summed E-state index contributed by atoms with van der Waals surface area (Å²) in [6, 6.07) is 11.7. The highest BCUT2D eigenvalue weighted by Crippen LogP contribution is 2.24. The lowest BCUT2D eigenvalue weighted by atomic mass is 10.2. The van der Waals surface area contributed by atoms with Crippen molar-refractivity contribution in [1.82, 2.24) is 0 Å². The average Bonchev–Trinajstić information content (AvgIpc) is 2.32. The van der Waals surface area contributed by atoms with Gasteiger partial charge in [0, 0.05) is 20.2 Å². The predicted molar refractivity (Wildman–Crippen MR) is 81.8 cm³/mol. The second kappa shape index (κ2) is 5.76. The summed E-state index contributed by atoms with van der Waals surface area (Å²) >= 11 is 6.95. The zero-order valence-electron chi connectivity index (χ0n) is 9.91. The summed E-state index contributed by atoms with van der Waals surface area (Å²) in [7, 11) is 0. The van der Waals surface area contributed by atoms with E-state index < -0.39 is 0 Å². The molecule has 0 aliphatic carbocycles. The first-order valence-electron chi connectivity index (χ1n) is 5.49. The third-order valence-corrected chi connectivity index (χ3v) is 4.23. The fraction of sp³-hybridized carbons (Fsp3) is 0.143. The minimum atomic E-state index is 0.516. The molecule has 0 saturated carbocycles. The maximum atomic E-state index is 5.76. The topological polar surface area (TPSA) is 35.2 Å². The van der Waals surface area contributed by atoms with Crippen LogP contribution in [0.4, 0.5) is 5.69 Å². The van der Waals surface area contributed by atoms with Crippen LogP contribution in [0.5, 0.6) is 5.75 Å². The van der Waals surface area contributed by atoms with Crippen molar-refractivity contribution in [2.45, 2.75) is 13.5 Å². The number of benzene rings is 2. The molecule has 2 rings (SSSR count). The number of nitrogens with two attached hydrogens (primary N) is 1. The standard InChI is InChI=1S/C14H13Br2NO/c1-9-6-12(4-5-13(9)15)18-8-10-2-3-11(17)7-14(10)16/h2-7H,8,17H2,1H3. The molecule has 0 aromatic heterocycles. The molecule has 0 unspecified atom stereocenters. The van der Waals surface area contributed by atoms with Crippen molar-refractivity contribution in [2.24, 2.45) is 0 Å². The van der Waals surface area contributed by atoms with Gasteiger partial charge in [0.05, 0.1) is 0 Å². The third kappa shape index (κ3) is 3.27. The third-order valence-electron chi connectivity index (χ3n) is 2.60. The van der Waals surface area contributed by atoms with Crippen LogP contribution >= 0.6 is 31.9 Å². The van der Waals surface area contributed by atoms with Crippen molar-refractivity contribution in [3.63, 3.8) is 0 Å². The van der Waals surface area contributed by atoms with E-state index in [1.807, 2.05) is 43.3 Å². The Balaban J connectivity index is 2.09. The van der Waals surface area contributed by atoms with Gasteiger partial charge in [0.1, 0.15) is 12.4 Å². The van der Waals surface area contributed by atoms with Crippen LogP contribution in [0.25, 0.3) is 0 Å². The quantitative estimate of drug-likeness (QED) is 0.796. The lowest BCUT2D eigenvalue weighted by Crippen LogP contribution is -1.97. The van der Waals surface area contributed by atoms with Gasteiger partial charge in [0.2, 0.25) is 0 Å². The molecule has 0 amide bonds. The normalized spacial score (nSPS) is 10.4. The van der Waals surface area contributed by atoms with E-state index in [0.717, 1.165) is 31.5 Å². The molecule has 0 atom stereocenters. The van der Waals surface area contributed by atoms with Crippen LogP contribution in [0.2, 0.25) is 0 Å². The number of anilines is 1. The molecule has 0 bridgehead atoms. The van der Waals surface area contributed by atoms with Gasteiger partial charge in [0.15, 0.2) is 0 Å². The van der Waals surface area contributed by atoms with E-state index in [9.17, 15) is 0 Å². The molecule has 0 aliphatic rings. The number of halogens is 2. The number of hydrogen-bond acceptors (Lipinski definition) is 2. The van der Waals surface area contributed by atoms with E-state index in [2.05, 4.69) is 31.9 Å². The summed E-state index contributed by atoms with van der Waals surface area (Å²) in [5.74, 6) is 0.861. The second-order valence-corrected chi connectivity index (χ2v) is 5.76. The zero-order chi connectivity index (χ0) is 13.1. The fourth-order valence-corrected chi connectivity index (χ4v) is 2.31. The summed E-state index contributed by atoms with van der Waals surface area (Å²) in [5.41, 5.74) is 8.67. The molecule has 2 nitrogen and oxygen atoms in total. The molecule has 0 spiro atoms. The molecule has 2 aromatic rings. The van der Waals surface area contributed by atoms with Crippen LogP contribution in [0.1, 0.15) is 11.1 Å². The zero-order valence-corrected chi connectivity index (χ0v) is 13.1. The van der Waals surface area contributed by atoms with Gasteiger partial charge in [-0.3, -0.25) is 0 Å². The lowest BCUT2D eigenvalue weighted by molar-refractivity contribution is 0.305. The Morgan fingerprint density at radius 1 is 1.06 bits per heavy atom.